The van der Waals surface area contributed by atoms with Gasteiger partial charge in [0.05, 0.1) is 58.9 Å². The fraction of sp³-hybridized carbons (Fsp3) is 0.444. The van der Waals surface area contributed by atoms with Crippen molar-refractivity contribution in [3.63, 3.8) is 0 Å². The topological polar surface area (TPSA) is 132 Å². The Morgan fingerprint density at radius 1 is 0.800 bits per heavy atom. The Labute approximate surface area is 178 Å². The fourth-order valence-electron chi connectivity index (χ4n) is 2.15. The summed E-state index contributed by atoms with van der Waals surface area (Å²) in [7, 11) is -3.98. The quantitative estimate of drug-likeness (QED) is 0.220. The van der Waals surface area contributed by atoms with Gasteiger partial charge in [0, 0.05) is 0 Å². The number of aromatic nitrogens is 4. The third-order valence-electron chi connectivity index (χ3n) is 3.37. The van der Waals surface area contributed by atoms with Crippen molar-refractivity contribution in [1.82, 2.24) is 9.13 Å². The summed E-state index contributed by atoms with van der Waals surface area (Å²) in [4.78, 5) is 0. The molecule has 2 heterocycles. The number of hydrogen-bond donors (Lipinski definition) is 0. The summed E-state index contributed by atoms with van der Waals surface area (Å²) in [5, 5.41) is 0. The maximum atomic E-state index is 9.60. The standard InChI is InChI=1S/C12H20N4.2C3H6O3S/c1-13-7-9-15(11-13)5-3-4-6-16-10-8-14(2)12-16;2*1-2-3-7(4,5)6/h7-12H,3-6H2,1-2H3;2*2H,1,3H2,(H,4,5,6)/q+2;;/p-2. The van der Waals surface area contributed by atoms with E-state index in [0.717, 1.165) is 25.2 Å². The summed E-state index contributed by atoms with van der Waals surface area (Å²) in [5.41, 5.74) is 0. The van der Waals surface area contributed by atoms with Crippen LogP contribution in [0.1, 0.15) is 12.8 Å². The molecule has 0 N–H and O–H groups in total. The lowest BCUT2D eigenvalue weighted by molar-refractivity contribution is -0.671. The van der Waals surface area contributed by atoms with Crippen molar-refractivity contribution in [1.29, 1.82) is 0 Å². The Bertz CT molecular complexity index is 898. The second-order valence-corrected chi connectivity index (χ2v) is 9.26. The van der Waals surface area contributed by atoms with Crippen LogP contribution in [0.15, 0.2) is 62.8 Å². The highest BCUT2D eigenvalue weighted by atomic mass is 32.2. The molecule has 0 aliphatic heterocycles. The van der Waals surface area contributed by atoms with Crippen molar-refractivity contribution in [3.8, 4) is 0 Å². The van der Waals surface area contributed by atoms with E-state index in [1.54, 1.807) is 0 Å². The fourth-order valence-corrected chi connectivity index (χ4v) is 2.72. The number of aryl methyl sites for hydroxylation is 4. The zero-order chi connectivity index (χ0) is 23.2. The predicted molar refractivity (Wildman–Crippen MR) is 110 cm³/mol. The molecule has 0 spiro atoms. The van der Waals surface area contributed by atoms with Crippen LogP contribution < -0.4 is 9.13 Å². The summed E-state index contributed by atoms with van der Waals surface area (Å²) in [6, 6.07) is 0. The number of imidazole rings is 2. The molecule has 0 atom stereocenters. The first-order chi connectivity index (χ1) is 13.9. The molecule has 0 saturated heterocycles. The van der Waals surface area contributed by atoms with Crippen LogP contribution in [0.2, 0.25) is 0 Å². The van der Waals surface area contributed by atoms with Gasteiger partial charge in [0.25, 0.3) is 0 Å². The van der Waals surface area contributed by atoms with E-state index in [0.29, 0.717) is 0 Å². The van der Waals surface area contributed by atoms with Crippen molar-refractivity contribution in [2.45, 2.75) is 25.9 Å². The Kier molecular flexibility index (Phi) is 12.8. The molecule has 0 aromatic carbocycles. The highest BCUT2D eigenvalue weighted by Gasteiger charge is 2.02. The van der Waals surface area contributed by atoms with E-state index in [2.05, 4.69) is 83.0 Å². The molecular weight excluding hydrogens is 432 g/mol. The number of nitrogens with zero attached hydrogens (tertiary/aromatic N) is 4. The number of rotatable bonds is 9. The zero-order valence-corrected chi connectivity index (χ0v) is 19.0. The molecule has 0 aliphatic rings. The molecule has 2 rings (SSSR count). The van der Waals surface area contributed by atoms with Crippen molar-refractivity contribution in [3.05, 3.63) is 62.8 Å². The van der Waals surface area contributed by atoms with Gasteiger partial charge in [0.1, 0.15) is 24.8 Å². The molecule has 0 fully saturated rings. The summed E-state index contributed by atoms with van der Waals surface area (Å²) in [6.45, 7) is 8.34. The molecule has 2 aromatic rings. The Morgan fingerprint density at radius 2 is 1.13 bits per heavy atom. The van der Waals surface area contributed by atoms with Crippen molar-refractivity contribution in [2.24, 2.45) is 14.1 Å². The largest absolute Gasteiger partial charge is 0.748 e. The molecule has 0 unspecified atom stereocenters. The molecule has 12 heteroatoms. The SMILES string of the molecule is C=CCS(=O)(=O)[O-].C=CCS(=O)(=O)[O-].C[n+]1ccn(CCCCn2cc[n+](C)c2)c1. The van der Waals surface area contributed by atoms with Crippen molar-refractivity contribution in [2.75, 3.05) is 11.5 Å². The highest BCUT2D eigenvalue weighted by molar-refractivity contribution is 7.86. The summed E-state index contributed by atoms with van der Waals surface area (Å²) >= 11 is 0. The van der Waals surface area contributed by atoms with Crippen LogP contribution in [-0.4, -0.2) is 46.6 Å². The molecule has 0 bridgehead atoms. The summed E-state index contributed by atoms with van der Waals surface area (Å²) in [6.07, 6.45) is 17.2. The highest BCUT2D eigenvalue weighted by Crippen LogP contribution is 1.97. The predicted octanol–water partition coefficient (Wildman–Crippen LogP) is -0.146. The summed E-state index contributed by atoms with van der Waals surface area (Å²) < 4.78 is 66.2. The van der Waals surface area contributed by atoms with E-state index in [9.17, 15) is 25.9 Å². The van der Waals surface area contributed by atoms with E-state index >= 15 is 0 Å². The van der Waals surface area contributed by atoms with Gasteiger partial charge in [-0.1, -0.05) is 12.2 Å². The van der Waals surface area contributed by atoms with Crippen molar-refractivity contribution >= 4 is 20.2 Å². The third-order valence-corrected chi connectivity index (χ3v) is 4.66. The Hall–Kier alpha value is -2.28. The molecule has 0 amide bonds. The van der Waals surface area contributed by atoms with Crippen LogP contribution in [0.4, 0.5) is 0 Å². The van der Waals surface area contributed by atoms with Crippen LogP contribution in [0.25, 0.3) is 0 Å². The molecular formula is C18H30N4O6S2. The second-order valence-electron chi connectivity index (χ2n) is 6.37. The maximum Gasteiger partial charge on any atom is 0.243 e. The molecule has 10 nitrogen and oxygen atoms in total. The monoisotopic (exact) mass is 462 g/mol. The van der Waals surface area contributed by atoms with Gasteiger partial charge >= 0.3 is 0 Å². The van der Waals surface area contributed by atoms with Gasteiger partial charge in [-0.2, -0.15) is 0 Å². The van der Waals surface area contributed by atoms with Gasteiger partial charge in [-0.05, 0) is 12.8 Å². The van der Waals surface area contributed by atoms with Gasteiger partial charge in [0.15, 0.2) is 0 Å². The maximum absolute atomic E-state index is 9.60. The first kappa shape index (κ1) is 27.7. The minimum Gasteiger partial charge on any atom is -0.748 e. The first-order valence-corrected chi connectivity index (χ1v) is 12.1. The van der Waals surface area contributed by atoms with Crippen LogP contribution in [0, 0.1) is 0 Å². The lowest BCUT2D eigenvalue weighted by atomic mass is 10.3. The molecule has 2 aromatic heterocycles. The molecule has 170 valence electrons. The Morgan fingerprint density at radius 3 is 1.30 bits per heavy atom. The second kappa shape index (κ2) is 13.9. The lowest BCUT2D eigenvalue weighted by Gasteiger charge is -1.98. The van der Waals surface area contributed by atoms with Gasteiger partial charge in [-0.25, -0.2) is 35.1 Å². The minimum absolute atomic E-state index is 0.479. The number of unbranched alkanes of at least 4 members (excludes halogenated alkanes) is 1. The average molecular weight is 463 g/mol. The van der Waals surface area contributed by atoms with E-state index in [1.807, 2.05) is 0 Å². The van der Waals surface area contributed by atoms with Crippen LogP contribution in [-0.2, 0) is 47.4 Å². The molecule has 0 radical (unpaired) electrons. The Balaban J connectivity index is 0.000000503. The summed E-state index contributed by atoms with van der Waals surface area (Å²) in [5.74, 6) is -0.958. The lowest BCUT2D eigenvalue weighted by Crippen LogP contribution is -2.24. The van der Waals surface area contributed by atoms with E-state index in [4.69, 9.17) is 0 Å². The first-order valence-electron chi connectivity index (χ1n) is 8.97. The average Bonchev–Trinajstić information content (AvgIpc) is 3.19. The van der Waals surface area contributed by atoms with Crippen LogP contribution in [0.3, 0.4) is 0 Å². The van der Waals surface area contributed by atoms with Gasteiger partial charge in [-0.3, -0.25) is 0 Å². The molecule has 0 saturated carbocycles. The molecule has 30 heavy (non-hydrogen) atoms. The van der Waals surface area contributed by atoms with Gasteiger partial charge in [0.2, 0.25) is 12.7 Å². The van der Waals surface area contributed by atoms with Gasteiger partial charge in [-0.15, -0.1) is 13.2 Å². The van der Waals surface area contributed by atoms with Crippen molar-refractivity contribution < 1.29 is 35.1 Å². The van der Waals surface area contributed by atoms with E-state index in [1.165, 1.54) is 12.8 Å². The minimum atomic E-state index is -4.04. The smallest absolute Gasteiger partial charge is 0.243 e. The zero-order valence-electron chi connectivity index (χ0n) is 17.3. The van der Waals surface area contributed by atoms with Gasteiger partial charge < -0.3 is 9.11 Å². The van der Waals surface area contributed by atoms with E-state index in [-0.39, 0.29) is 0 Å². The van der Waals surface area contributed by atoms with E-state index < -0.39 is 31.7 Å². The van der Waals surface area contributed by atoms with Crippen LogP contribution in [0.5, 0.6) is 0 Å². The molecule has 0 aliphatic carbocycles. The third kappa shape index (κ3) is 16.7. The number of hydrogen-bond acceptors (Lipinski definition) is 6. The normalized spacial score (nSPS) is 10.9. The van der Waals surface area contributed by atoms with Crippen LogP contribution >= 0.6 is 0 Å².